The molecule has 0 unspecified atom stereocenters. The van der Waals surface area contributed by atoms with Crippen LogP contribution in [-0.4, -0.2) is 11.1 Å². The molecule has 0 fully saturated rings. The summed E-state index contributed by atoms with van der Waals surface area (Å²) in [5.74, 6) is -0.528. The Morgan fingerprint density at radius 2 is 2.18 bits per heavy atom. The van der Waals surface area contributed by atoms with Gasteiger partial charge >= 0.3 is 0 Å². The number of hydrogen-bond donors (Lipinski definition) is 3. The lowest BCUT2D eigenvalue weighted by molar-refractivity contribution is 0.630. The molecule has 0 atom stereocenters. The molecule has 0 aliphatic rings. The molecule has 4 nitrogen and oxygen atoms in total. The molecule has 1 rings (SSSR count). The summed E-state index contributed by atoms with van der Waals surface area (Å²) in [6.45, 7) is 2.02. The largest absolute Gasteiger partial charge is 0.370 e. The quantitative estimate of drug-likeness (QED) is 0.436. The van der Waals surface area contributed by atoms with E-state index in [0.717, 1.165) is 18.4 Å². The molecule has 0 spiro atoms. The van der Waals surface area contributed by atoms with Crippen LogP contribution in [0, 0.1) is 5.82 Å². The SMILES string of the molecule is CCCc1cccc(F)c1NC(=S)N=C(N)N. The van der Waals surface area contributed by atoms with Crippen molar-refractivity contribution in [2.24, 2.45) is 16.5 Å². The minimum atomic E-state index is -0.371. The number of aliphatic imine (C=N–C) groups is 1. The van der Waals surface area contributed by atoms with Gasteiger partial charge in [-0.05, 0) is 30.3 Å². The van der Waals surface area contributed by atoms with Gasteiger partial charge in [0, 0.05) is 0 Å². The van der Waals surface area contributed by atoms with E-state index < -0.39 is 0 Å². The van der Waals surface area contributed by atoms with Gasteiger partial charge in [0.1, 0.15) is 5.82 Å². The number of guanidine groups is 1. The normalized spacial score (nSPS) is 9.76. The highest BCUT2D eigenvalue weighted by molar-refractivity contribution is 7.80. The van der Waals surface area contributed by atoms with E-state index in [2.05, 4.69) is 10.3 Å². The van der Waals surface area contributed by atoms with Gasteiger partial charge in [0.25, 0.3) is 0 Å². The minimum absolute atomic E-state index is 0.0486. The van der Waals surface area contributed by atoms with Crippen molar-refractivity contribution in [1.82, 2.24) is 0 Å². The number of nitrogens with one attached hydrogen (secondary N) is 1. The lowest BCUT2D eigenvalue weighted by atomic mass is 10.1. The summed E-state index contributed by atoms with van der Waals surface area (Å²) >= 11 is 4.89. The monoisotopic (exact) mass is 254 g/mol. The van der Waals surface area contributed by atoms with Crippen LogP contribution in [0.3, 0.4) is 0 Å². The van der Waals surface area contributed by atoms with Crippen LogP contribution >= 0.6 is 12.2 Å². The average Bonchev–Trinajstić information content (AvgIpc) is 2.22. The lowest BCUT2D eigenvalue weighted by Crippen LogP contribution is -2.25. The summed E-state index contributed by atoms with van der Waals surface area (Å²) in [6.07, 6.45) is 1.66. The number of thiocarbonyl (C=S) groups is 1. The van der Waals surface area contributed by atoms with E-state index in [1.807, 2.05) is 13.0 Å². The van der Waals surface area contributed by atoms with Crippen molar-refractivity contribution < 1.29 is 4.39 Å². The third-order valence-electron chi connectivity index (χ3n) is 2.08. The molecule has 0 saturated carbocycles. The van der Waals surface area contributed by atoms with Gasteiger partial charge in [-0.1, -0.05) is 25.5 Å². The molecule has 0 radical (unpaired) electrons. The fraction of sp³-hybridized carbons (Fsp3) is 0.273. The number of halogens is 1. The first-order valence-electron chi connectivity index (χ1n) is 5.22. The molecule has 0 amide bonds. The number of benzene rings is 1. The predicted octanol–water partition coefficient (Wildman–Crippen LogP) is 1.75. The van der Waals surface area contributed by atoms with Crippen molar-refractivity contribution in [3.63, 3.8) is 0 Å². The van der Waals surface area contributed by atoms with E-state index in [-0.39, 0.29) is 16.9 Å². The van der Waals surface area contributed by atoms with Crippen LogP contribution in [0.25, 0.3) is 0 Å². The van der Waals surface area contributed by atoms with Crippen molar-refractivity contribution in [3.05, 3.63) is 29.6 Å². The Labute approximate surface area is 105 Å². The summed E-state index contributed by atoms with van der Waals surface area (Å²) in [7, 11) is 0. The van der Waals surface area contributed by atoms with Crippen LogP contribution in [0.1, 0.15) is 18.9 Å². The zero-order valence-electron chi connectivity index (χ0n) is 9.53. The van der Waals surface area contributed by atoms with Crippen molar-refractivity contribution in [2.45, 2.75) is 19.8 Å². The molecule has 0 bridgehead atoms. The van der Waals surface area contributed by atoms with Crippen molar-refractivity contribution >= 4 is 29.0 Å². The van der Waals surface area contributed by atoms with Gasteiger partial charge in [-0.3, -0.25) is 0 Å². The minimum Gasteiger partial charge on any atom is -0.370 e. The summed E-state index contributed by atoms with van der Waals surface area (Å²) in [4.78, 5) is 3.64. The molecule has 0 aliphatic carbocycles. The van der Waals surface area contributed by atoms with Gasteiger partial charge in [0.05, 0.1) is 5.69 Å². The van der Waals surface area contributed by atoms with Gasteiger partial charge in [0.15, 0.2) is 5.96 Å². The predicted molar refractivity (Wildman–Crippen MR) is 72.4 cm³/mol. The highest BCUT2D eigenvalue weighted by Gasteiger charge is 2.08. The van der Waals surface area contributed by atoms with E-state index in [0.29, 0.717) is 5.69 Å². The zero-order chi connectivity index (χ0) is 12.8. The van der Waals surface area contributed by atoms with Crippen LogP contribution in [0.4, 0.5) is 10.1 Å². The Bertz CT molecular complexity index is 441. The number of nitrogens with zero attached hydrogens (tertiary/aromatic N) is 1. The van der Waals surface area contributed by atoms with Gasteiger partial charge in [0.2, 0.25) is 5.11 Å². The Morgan fingerprint density at radius 3 is 2.76 bits per heavy atom. The summed E-state index contributed by atoms with van der Waals surface area (Å²) in [5, 5.41) is 2.75. The molecule has 0 aromatic heterocycles. The number of nitrogens with two attached hydrogens (primary N) is 2. The van der Waals surface area contributed by atoms with Crippen molar-refractivity contribution in [3.8, 4) is 0 Å². The second-order valence-corrected chi connectivity index (χ2v) is 3.88. The average molecular weight is 254 g/mol. The third-order valence-corrected chi connectivity index (χ3v) is 2.28. The second-order valence-electron chi connectivity index (χ2n) is 3.49. The smallest absolute Gasteiger partial charge is 0.200 e. The molecular formula is C11H15FN4S. The van der Waals surface area contributed by atoms with Crippen LogP contribution in [0.15, 0.2) is 23.2 Å². The number of anilines is 1. The van der Waals surface area contributed by atoms with E-state index in [4.69, 9.17) is 23.7 Å². The molecule has 5 N–H and O–H groups in total. The molecule has 6 heteroatoms. The molecule has 0 saturated heterocycles. The van der Waals surface area contributed by atoms with Crippen LogP contribution in [-0.2, 0) is 6.42 Å². The van der Waals surface area contributed by atoms with E-state index in [1.165, 1.54) is 6.07 Å². The topological polar surface area (TPSA) is 76.4 Å². The summed E-state index contributed by atoms with van der Waals surface area (Å²) in [5.41, 5.74) is 11.6. The highest BCUT2D eigenvalue weighted by Crippen LogP contribution is 2.21. The highest BCUT2D eigenvalue weighted by atomic mass is 32.1. The van der Waals surface area contributed by atoms with Crippen molar-refractivity contribution in [1.29, 1.82) is 0 Å². The molecule has 0 aliphatic heterocycles. The maximum atomic E-state index is 13.6. The Morgan fingerprint density at radius 1 is 1.47 bits per heavy atom. The van der Waals surface area contributed by atoms with Crippen LogP contribution < -0.4 is 16.8 Å². The maximum absolute atomic E-state index is 13.6. The van der Waals surface area contributed by atoms with Gasteiger partial charge in [-0.2, -0.15) is 4.99 Å². The van der Waals surface area contributed by atoms with E-state index in [1.54, 1.807) is 6.07 Å². The number of para-hydroxylation sites is 1. The molecular weight excluding hydrogens is 239 g/mol. The van der Waals surface area contributed by atoms with E-state index in [9.17, 15) is 4.39 Å². The first kappa shape index (κ1) is 13.4. The van der Waals surface area contributed by atoms with Gasteiger partial charge in [-0.25, -0.2) is 4.39 Å². The zero-order valence-corrected chi connectivity index (χ0v) is 10.4. The molecule has 1 aromatic rings. The van der Waals surface area contributed by atoms with Crippen LogP contribution in [0.5, 0.6) is 0 Å². The number of rotatable bonds is 3. The maximum Gasteiger partial charge on any atom is 0.200 e. The molecule has 1 aromatic carbocycles. The third kappa shape index (κ3) is 3.99. The fourth-order valence-corrected chi connectivity index (χ4v) is 1.65. The van der Waals surface area contributed by atoms with Gasteiger partial charge in [-0.15, -0.1) is 0 Å². The number of hydrogen-bond acceptors (Lipinski definition) is 1. The summed E-state index contributed by atoms with van der Waals surface area (Å²) < 4.78 is 13.6. The summed E-state index contributed by atoms with van der Waals surface area (Å²) in [6, 6.07) is 4.86. The Balaban J connectivity index is 2.96. The molecule has 0 heterocycles. The van der Waals surface area contributed by atoms with Gasteiger partial charge < -0.3 is 16.8 Å². The van der Waals surface area contributed by atoms with Crippen molar-refractivity contribution in [2.75, 3.05) is 5.32 Å². The van der Waals surface area contributed by atoms with Crippen LogP contribution in [0.2, 0.25) is 0 Å². The molecule has 17 heavy (non-hydrogen) atoms. The van der Waals surface area contributed by atoms with E-state index >= 15 is 0 Å². The Hall–Kier alpha value is -1.69. The first-order chi connectivity index (χ1) is 8.04. The Kier molecular flexibility index (Phi) is 4.84. The molecule has 92 valence electrons. The lowest BCUT2D eigenvalue weighted by Gasteiger charge is -2.11. The first-order valence-corrected chi connectivity index (χ1v) is 5.63. The fourth-order valence-electron chi connectivity index (χ4n) is 1.44. The number of aryl methyl sites for hydroxylation is 1. The standard InChI is InChI=1S/C11H15FN4S/c1-2-4-7-5-3-6-8(12)9(7)15-11(17)16-10(13)14/h3,5-6H,2,4H2,1H3,(H5,13,14,15,16,17). The second kappa shape index (κ2) is 6.15.